The highest BCUT2D eigenvalue weighted by molar-refractivity contribution is 9.10. The first-order chi connectivity index (χ1) is 9.90. The van der Waals surface area contributed by atoms with Gasteiger partial charge in [-0.2, -0.15) is 0 Å². The van der Waals surface area contributed by atoms with E-state index in [4.69, 9.17) is 5.11 Å². The first-order valence-electron chi connectivity index (χ1n) is 5.93. The van der Waals surface area contributed by atoms with Gasteiger partial charge in [0.2, 0.25) is 0 Å². The van der Waals surface area contributed by atoms with E-state index < -0.39 is 17.4 Å². The highest BCUT2D eigenvalue weighted by Gasteiger charge is 2.17. The Balaban J connectivity index is 2.41. The lowest BCUT2D eigenvalue weighted by atomic mass is 10.1. The lowest BCUT2D eigenvalue weighted by Gasteiger charge is -2.10. The Morgan fingerprint density at radius 2 is 1.90 bits per heavy atom. The van der Waals surface area contributed by atoms with Crippen LogP contribution in [0.3, 0.4) is 0 Å². The van der Waals surface area contributed by atoms with Crippen LogP contribution in [-0.2, 0) is 0 Å². The van der Waals surface area contributed by atoms with Gasteiger partial charge in [0.05, 0.1) is 11.3 Å². The Hall–Kier alpha value is -2.41. The maximum absolute atomic E-state index is 12.1. The molecular formula is C14H11BrN2O4. The van der Waals surface area contributed by atoms with Crippen molar-refractivity contribution in [2.75, 3.05) is 5.32 Å². The van der Waals surface area contributed by atoms with Crippen LogP contribution in [0, 0.1) is 6.92 Å². The van der Waals surface area contributed by atoms with Crippen LogP contribution in [0.4, 0.5) is 5.69 Å². The number of aromatic amines is 1. The summed E-state index contributed by atoms with van der Waals surface area (Å²) in [6.45, 7) is 1.69. The van der Waals surface area contributed by atoms with Crippen molar-refractivity contribution in [1.29, 1.82) is 0 Å². The summed E-state index contributed by atoms with van der Waals surface area (Å²) < 4.78 is 0.416. The van der Waals surface area contributed by atoms with Gasteiger partial charge in [-0.3, -0.25) is 9.59 Å². The van der Waals surface area contributed by atoms with Gasteiger partial charge in [0.15, 0.2) is 0 Å². The van der Waals surface area contributed by atoms with E-state index in [9.17, 15) is 14.4 Å². The number of halogens is 1. The summed E-state index contributed by atoms with van der Waals surface area (Å²) in [7, 11) is 0. The Labute approximate surface area is 127 Å². The van der Waals surface area contributed by atoms with Crippen LogP contribution in [0.5, 0.6) is 0 Å². The SMILES string of the molecule is Cc1ccc(C(=O)Nc2c(Br)cccc2C(=O)O)c(=O)[nH]1. The molecule has 0 spiro atoms. The van der Waals surface area contributed by atoms with Gasteiger partial charge in [-0.1, -0.05) is 6.07 Å². The number of aryl methyl sites for hydroxylation is 1. The number of carbonyl (C=O) groups excluding carboxylic acids is 1. The number of benzene rings is 1. The number of aromatic carboxylic acids is 1. The predicted molar refractivity (Wildman–Crippen MR) is 80.9 cm³/mol. The summed E-state index contributed by atoms with van der Waals surface area (Å²) in [5, 5.41) is 11.6. The second-order valence-corrected chi connectivity index (χ2v) is 5.16. The predicted octanol–water partition coefficient (Wildman–Crippen LogP) is 2.40. The second kappa shape index (κ2) is 5.92. The number of nitrogens with one attached hydrogen (secondary N) is 2. The van der Waals surface area contributed by atoms with E-state index in [1.54, 1.807) is 25.1 Å². The van der Waals surface area contributed by atoms with E-state index in [0.29, 0.717) is 10.2 Å². The van der Waals surface area contributed by atoms with Crippen LogP contribution in [-0.4, -0.2) is 22.0 Å². The van der Waals surface area contributed by atoms with Gasteiger partial charge in [0.25, 0.3) is 11.5 Å². The van der Waals surface area contributed by atoms with Crippen molar-refractivity contribution in [2.24, 2.45) is 0 Å². The molecule has 1 amide bonds. The molecule has 0 aliphatic heterocycles. The van der Waals surface area contributed by atoms with Gasteiger partial charge < -0.3 is 15.4 Å². The first-order valence-corrected chi connectivity index (χ1v) is 6.72. The summed E-state index contributed by atoms with van der Waals surface area (Å²) in [5.74, 6) is -1.85. The number of rotatable bonds is 3. The maximum atomic E-state index is 12.1. The molecule has 1 aromatic carbocycles. The van der Waals surface area contributed by atoms with Gasteiger partial charge in [0, 0.05) is 10.2 Å². The van der Waals surface area contributed by atoms with E-state index in [2.05, 4.69) is 26.2 Å². The van der Waals surface area contributed by atoms with Gasteiger partial charge in [-0.05, 0) is 47.1 Å². The number of hydrogen-bond donors (Lipinski definition) is 3. The molecule has 0 unspecified atom stereocenters. The zero-order valence-corrected chi connectivity index (χ0v) is 12.5. The van der Waals surface area contributed by atoms with Crippen LogP contribution in [0.15, 0.2) is 39.6 Å². The topological polar surface area (TPSA) is 99.3 Å². The zero-order chi connectivity index (χ0) is 15.6. The molecule has 0 saturated heterocycles. The Bertz CT molecular complexity index is 783. The number of hydrogen-bond acceptors (Lipinski definition) is 3. The molecule has 2 rings (SSSR count). The van der Waals surface area contributed by atoms with Crippen molar-refractivity contribution in [2.45, 2.75) is 6.92 Å². The molecule has 3 N–H and O–H groups in total. The molecule has 0 fully saturated rings. The monoisotopic (exact) mass is 350 g/mol. The van der Waals surface area contributed by atoms with E-state index in [0.717, 1.165) is 0 Å². The molecule has 0 bridgehead atoms. The summed E-state index contributed by atoms with van der Waals surface area (Å²) >= 11 is 3.18. The average Bonchev–Trinajstić information content (AvgIpc) is 2.40. The highest BCUT2D eigenvalue weighted by Crippen LogP contribution is 2.26. The van der Waals surface area contributed by atoms with Crippen LogP contribution < -0.4 is 10.9 Å². The minimum Gasteiger partial charge on any atom is -0.478 e. The number of para-hydroxylation sites is 1. The van der Waals surface area contributed by atoms with E-state index in [1.807, 2.05) is 0 Å². The molecule has 0 saturated carbocycles. The molecule has 6 nitrogen and oxygen atoms in total. The molecular weight excluding hydrogens is 340 g/mol. The molecule has 0 aliphatic carbocycles. The van der Waals surface area contributed by atoms with Crippen molar-refractivity contribution in [1.82, 2.24) is 4.98 Å². The van der Waals surface area contributed by atoms with Gasteiger partial charge in [0.1, 0.15) is 5.56 Å². The number of carboxylic acid groups (broad SMARTS) is 1. The number of carboxylic acids is 1. The number of aromatic nitrogens is 1. The zero-order valence-electron chi connectivity index (χ0n) is 10.9. The van der Waals surface area contributed by atoms with Crippen molar-refractivity contribution in [3.05, 3.63) is 62.0 Å². The molecule has 0 atom stereocenters. The Morgan fingerprint density at radius 3 is 2.52 bits per heavy atom. The molecule has 1 heterocycles. The fourth-order valence-electron chi connectivity index (χ4n) is 1.76. The highest BCUT2D eigenvalue weighted by atomic mass is 79.9. The average molecular weight is 351 g/mol. The largest absolute Gasteiger partial charge is 0.478 e. The number of carbonyl (C=O) groups is 2. The quantitative estimate of drug-likeness (QED) is 0.791. The number of amides is 1. The summed E-state index contributed by atoms with van der Waals surface area (Å²) in [5.41, 5.74) is 0.0454. The smallest absolute Gasteiger partial charge is 0.337 e. The molecule has 1 aromatic heterocycles. The van der Waals surface area contributed by atoms with Crippen LogP contribution in [0.1, 0.15) is 26.4 Å². The summed E-state index contributed by atoms with van der Waals surface area (Å²) in [6, 6.07) is 7.49. The lowest BCUT2D eigenvalue weighted by Crippen LogP contribution is -2.24. The maximum Gasteiger partial charge on any atom is 0.337 e. The molecule has 0 radical (unpaired) electrons. The molecule has 0 aliphatic rings. The van der Waals surface area contributed by atoms with E-state index >= 15 is 0 Å². The second-order valence-electron chi connectivity index (χ2n) is 4.31. The van der Waals surface area contributed by atoms with Crippen molar-refractivity contribution in [3.8, 4) is 0 Å². The third-order valence-corrected chi connectivity index (χ3v) is 3.44. The molecule has 21 heavy (non-hydrogen) atoms. The summed E-state index contributed by atoms with van der Waals surface area (Å²) in [6.07, 6.45) is 0. The van der Waals surface area contributed by atoms with Gasteiger partial charge in [-0.15, -0.1) is 0 Å². The number of H-pyrrole nitrogens is 1. The molecule has 7 heteroatoms. The Kier molecular flexibility index (Phi) is 4.23. The van der Waals surface area contributed by atoms with E-state index in [1.165, 1.54) is 12.1 Å². The minimum absolute atomic E-state index is 0.0683. The number of anilines is 1. The normalized spacial score (nSPS) is 10.2. The van der Waals surface area contributed by atoms with Crippen molar-refractivity contribution >= 4 is 33.5 Å². The lowest BCUT2D eigenvalue weighted by molar-refractivity contribution is 0.0698. The van der Waals surface area contributed by atoms with E-state index in [-0.39, 0.29) is 16.8 Å². The van der Waals surface area contributed by atoms with Gasteiger partial charge in [-0.25, -0.2) is 4.79 Å². The first kappa shape index (κ1) is 15.0. The third kappa shape index (κ3) is 3.19. The number of pyridine rings is 1. The molecule has 2 aromatic rings. The van der Waals surface area contributed by atoms with Crippen LogP contribution >= 0.6 is 15.9 Å². The molecule has 108 valence electrons. The fraction of sp³-hybridized carbons (Fsp3) is 0.0714. The van der Waals surface area contributed by atoms with Crippen molar-refractivity contribution < 1.29 is 14.7 Å². The van der Waals surface area contributed by atoms with Crippen LogP contribution in [0.25, 0.3) is 0 Å². The van der Waals surface area contributed by atoms with Crippen LogP contribution in [0.2, 0.25) is 0 Å². The van der Waals surface area contributed by atoms with Gasteiger partial charge >= 0.3 is 5.97 Å². The minimum atomic E-state index is -1.18. The van der Waals surface area contributed by atoms with Crippen molar-refractivity contribution in [3.63, 3.8) is 0 Å². The standard InChI is InChI=1S/C14H11BrN2O4/c1-7-5-6-9(12(18)16-7)13(19)17-11-8(14(20)21)3-2-4-10(11)15/h2-6H,1H3,(H,16,18)(H,17,19)(H,20,21). The third-order valence-electron chi connectivity index (χ3n) is 2.78. The Morgan fingerprint density at radius 1 is 1.19 bits per heavy atom. The summed E-state index contributed by atoms with van der Waals surface area (Å²) in [4.78, 5) is 37.5. The fourth-order valence-corrected chi connectivity index (χ4v) is 2.23.